The van der Waals surface area contributed by atoms with Crippen molar-refractivity contribution in [1.29, 1.82) is 0 Å². The molecule has 2 N–H and O–H groups in total. The SMILES string of the molecule is Cc1ccc(C)c(NC(=O)C(OC(=O)CNC(=O)C2CCCCC2)c2ccccc2)c1. The van der Waals surface area contributed by atoms with Crippen molar-refractivity contribution in [1.82, 2.24) is 5.32 Å². The van der Waals surface area contributed by atoms with Gasteiger partial charge in [0.15, 0.2) is 0 Å². The van der Waals surface area contributed by atoms with Gasteiger partial charge in [-0.3, -0.25) is 14.4 Å². The van der Waals surface area contributed by atoms with Crippen LogP contribution in [-0.2, 0) is 19.1 Å². The predicted molar refractivity (Wildman–Crippen MR) is 119 cm³/mol. The van der Waals surface area contributed by atoms with Gasteiger partial charge in [-0.15, -0.1) is 0 Å². The normalized spacial score (nSPS) is 15.0. The van der Waals surface area contributed by atoms with E-state index in [1.165, 1.54) is 0 Å². The molecular formula is C25H30N2O4. The van der Waals surface area contributed by atoms with Gasteiger partial charge in [0.05, 0.1) is 0 Å². The zero-order valence-electron chi connectivity index (χ0n) is 18.1. The van der Waals surface area contributed by atoms with Crippen LogP contribution in [0, 0.1) is 19.8 Å². The fourth-order valence-electron chi connectivity index (χ4n) is 3.81. The van der Waals surface area contributed by atoms with Crippen LogP contribution in [-0.4, -0.2) is 24.3 Å². The molecule has 2 aromatic rings. The van der Waals surface area contributed by atoms with E-state index in [0.29, 0.717) is 11.3 Å². The first-order valence-corrected chi connectivity index (χ1v) is 10.8. The lowest BCUT2D eigenvalue weighted by Crippen LogP contribution is -2.37. The van der Waals surface area contributed by atoms with Gasteiger partial charge in [-0.1, -0.05) is 61.7 Å². The summed E-state index contributed by atoms with van der Waals surface area (Å²) in [5, 5.41) is 5.54. The first-order valence-electron chi connectivity index (χ1n) is 10.8. The average molecular weight is 423 g/mol. The minimum Gasteiger partial charge on any atom is -0.446 e. The van der Waals surface area contributed by atoms with Gasteiger partial charge in [0.1, 0.15) is 6.54 Å². The van der Waals surface area contributed by atoms with E-state index in [9.17, 15) is 14.4 Å². The van der Waals surface area contributed by atoms with Gasteiger partial charge in [-0.2, -0.15) is 0 Å². The fraction of sp³-hybridized carbons (Fsp3) is 0.400. The van der Waals surface area contributed by atoms with E-state index in [1.807, 2.05) is 38.1 Å². The van der Waals surface area contributed by atoms with Crippen molar-refractivity contribution in [3.63, 3.8) is 0 Å². The van der Waals surface area contributed by atoms with Crippen LogP contribution in [0.2, 0.25) is 0 Å². The van der Waals surface area contributed by atoms with Crippen molar-refractivity contribution in [2.75, 3.05) is 11.9 Å². The summed E-state index contributed by atoms with van der Waals surface area (Å²) in [6.07, 6.45) is 3.83. The number of ether oxygens (including phenoxy) is 1. The first kappa shape index (κ1) is 22.5. The van der Waals surface area contributed by atoms with Crippen molar-refractivity contribution < 1.29 is 19.1 Å². The number of anilines is 1. The van der Waals surface area contributed by atoms with Crippen molar-refractivity contribution in [3.8, 4) is 0 Å². The van der Waals surface area contributed by atoms with Crippen molar-refractivity contribution in [2.24, 2.45) is 5.92 Å². The Morgan fingerprint density at radius 1 is 1.00 bits per heavy atom. The molecule has 2 aromatic carbocycles. The summed E-state index contributed by atoms with van der Waals surface area (Å²) in [6, 6.07) is 14.6. The largest absolute Gasteiger partial charge is 0.446 e. The molecule has 164 valence electrons. The number of nitrogens with one attached hydrogen (secondary N) is 2. The van der Waals surface area contributed by atoms with E-state index in [0.717, 1.165) is 43.2 Å². The molecule has 1 saturated carbocycles. The molecule has 1 fully saturated rings. The maximum atomic E-state index is 13.0. The van der Waals surface area contributed by atoms with Crippen LogP contribution in [0.4, 0.5) is 5.69 Å². The average Bonchev–Trinajstić information content (AvgIpc) is 2.79. The highest BCUT2D eigenvalue weighted by Crippen LogP contribution is 2.24. The summed E-state index contributed by atoms with van der Waals surface area (Å²) in [5.74, 6) is -1.24. The number of amides is 2. The zero-order chi connectivity index (χ0) is 22.2. The van der Waals surface area contributed by atoms with Crippen LogP contribution < -0.4 is 10.6 Å². The third-order valence-electron chi connectivity index (χ3n) is 5.62. The number of benzene rings is 2. The van der Waals surface area contributed by atoms with E-state index in [2.05, 4.69) is 10.6 Å². The predicted octanol–water partition coefficient (Wildman–Crippen LogP) is 4.22. The molecule has 2 amide bonds. The molecule has 1 atom stereocenters. The first-order chi connectivity index (χ1) is 14.9. The van der Waals surface area contributed by atoms with Gasteiger partial charge < -0.3 is 15.4 Å². The van der Waals surface area contributed by atoms with Crippen LogP contribution in [0.15, 0.2) is 48.5 Å². The van der Waals surface area contributed by atoms with Gasteiger partial charge in [-0.05, 0) is 43.9 Å². The second-order valence-electron chi connectivity index (χ2n) is 8.14. The highest BCUT2D eigenvalue weighted by Gasteiger charge is 2.27. The van der Waals surface area contributed by atoms with Gasteiger partial charge >= 0.3 is 5.97 Å². The number of carbonyl (C=O) groups excluding carboxylic acids is 3. The summed E-state index contributed by atoms with van der Waals surface area (Å²) in [6.45, 7) is 3.59. The van der Waals surface area contributed by atoms with Gasteiger partial charge in [0.25, 0.3) is 5.91 Å². The molecule has 1 aliphatic rings. The maximum absolute atomic E-state index is 13.0. The minimum atomic E-state index is -1.11. The Bertz CT molecular complexity index is 920. The fourth-order valence-corrected chi connectivity index (χ4v) is 3.81. The summed E-state index contributed by atoms with van der Waals surface area (Å²) in [5.41, 5.74) is 3.17. The number of rotatable bonds is 7. The third-order valence-corrected chi connectivity index (χ3v) is 5.62. The third kappa shape index (κ3) is 6.41. The van der Waals surface area contributed by atoms with Crippen molar-refractivity contribution in [3.05, 3.63) is 65.2 Å². The van der Waals surface area contributed by atoms with E-state index in [-0.39, 0.29) is 18.4 Å². The number of hydrogen-bond donors (Lipinski definition) is 2. The molecule has 1 aliphatic carbocycles. The number of aryl methyl sites for hydroxylation is 2. The molecule has 0 aliphatic heterocycles. The second-order valence-corrected chi connectivity index (χ2v) is 8.14. The minimum absolute atomic E-state index is 0.0425. The molecule has 0 spiro atoms. The molecule has 1 unspecified atom stereocenters. The van der Waals surface area contributed by atoms with Crippen molar-refractivity contribution >= 4 is 23.5 Å². The van der Waals surface area contributed by atoms with Gasteiger partial charge in [0.2, 0.25) is 12.0 Å². The van der Waals surface area contributed by atoms with Crippen LogP contribution in [0.1, 0.15) is 54.9 Å². The number of carbonyl (C=O) groups is 3. The molecule has 0 saturated heterocycles. The Morgan fingerprint density at radius 3 is 2.42 bits per heavy atom. The Labute approximate surface area is 183 Å². The Hall–Kier alpha value is -3.15. The number of hydrogen-bond acceptors (Lipinski definition) is 4. The van der Waals surface area contributed by atoms with E-state index < -0.39 is 18.0 Å². The molecule has 0 radical (unpaired) electrons. The van der Waals surface area contributed by atoms with Crippen LogP contribution >= 0.6 is 0 Å². The highest BCUT2D eigenvalue weighted by molar-refractivity contribution is 5.97. The summed E-state index contributed by atoms with van der Waals surface area (Å²) in [7, 11) is 0. The lowest BCUT2D eigenvalue weighted by molar-refractivity contribution is -0.154. The molecule has 0 aromatic heterocycles. The molecule has 6 heteroatoms. The molecule has 31 heavy (non-hydrogen) atoms. The summed E-state index contributed by atoms with van der Waals surface area (Å²) >= 11 is 0. The smallest absolute Gasteiger partial charge is 0.326 e. The maximum Gasteiger partial charge on any atom is 0.326 e. The zero-order valence-corrected chi connectivity index (χ0v) is 18.1. The second kappa shape index (κ2) is 10.8. The van der Waals surface area contributed by atoms with Crippen LogP contribution in [0.5, 0.6) is 0 Å². The topological polar surface area (TPSA) is 84.5 Å². The Kier molecular flexibility index (Phi) is 7.82. The molecule has 0 heterocycles. The van der Waals surface area contributed by atoms with Gasteiger partial charge in [-0.25, -0.2) is 0 Å². The standard InChI is InChI=1S/C25H30N2O4/c1-17-13-14-18(2)21(15-17)27-25(30)23(19-9-5-3-6-10-19)31-22(28)16-26-24(29)20-11-7-4-8-12-20/h3,5-6,9-10,13-15,20,23H,4,7-8,11-12,16H2,1-2H3,(H,26,29)(H,27,30). The molecule has 3 rings (SSSR count). The Morgan fingerprint density at radius 2 is 1.71 bits per heavy atom. The molecule has 0 bridgehead atoms. The lowest BCUT2D eigenvalue weighted by atomic mass is 9.89. The van der Waals surface area contributed by atoms with E-state index in [4.69, 9.17) is 4.74 Å². The Balaban J connectivity index is 1.66. The van der Waals surface area contributed by atoms with Crippen molar-refractivity contribution in [2.45, 2.75) is 52.1 Å². The van der Waals surface area contributed by atoms with Crippen LogP contribution in [0.3, 0.4) is 0 Å². The van der Waals surface area contributed by atoms with E-state index in [1.54, 1.807) is 24.3 Å². The summed E-state index contributed by atoms with van der Waals surface area (Å²) in [4.78, 5) is 37.8. The van der Waals surface area contributed by atoms with Gasteiger partial charge in [0, 0.05) is 17.2 Å². The monoisotopic (exact) mass is 422 g/mol. The molecule has 6 nitrogen and oxygen atoms in total. The quantitative estimate of drug-likeness (QED) is 0.654. The summed E-state index contributed by atoms with van der Waals surface area (Å²) < 4.78 is 5.51. The lowest BCUT2D eigenvalue weighted by Gasteiger charge is -2.21. The highest BCUT2D eigenvalue weighted by atomic mass is 16.5. The number of esters is 1. The van der Waals surface area contributed by atoms with Crippen LogP contribution in [0.25, 0.3) is 0 Å². The van der Waals surface area contributed by atoms with E-state index >= 15 is 0 Å². The molecular weight excluding hydrogens is 392 g/mol.